The number of H-pyrrole nitrogens is 1. The van der Waals surface area contributed by atoms with E-state index in [1.165, 1.54) is 12.1 Å². The van der Waals surface area contributed by atoms with E-state index < -0.39 is 11.2 Å². The van der Waals surface area contributed by atoms with Crippen LogP contribution in [0.4, 0.5) is 10.2 Å². The molecule has 0 saturated heterocycles. The fraction of sp³-hybridized carbons (Fsp3) is 0.333. The largest absolute Gasteiger partial charge is 0.438 e. The molecule has 0 aliphatic heterocycles. The molecule has 1 aliphatic carbocycles. The Morgan fingerprint density at radius 3 is 2.89 bits per heavy atom. The second-order valence-electron chi connectivity index (χ2n) is 6.75. The maximum Gasteiger partial charge on any atom is 0.438 e. The van der Waals surface area contributed by atoms with Gasteiger partial charge in [0, 0.05) is 25.2 Å². The van der Waals surface area contributed by atoms with Crippen molar-refractivity contribution in [3.8, 4) is 0 Å². The van der Waals surface area contributed by atoms with E-state index in [9.17, 15) is 14.0 Å². The van der Waals surface area contributed by atoms with Gasteiger partial charge in [0.25, 0.3) is 0 Å². The first-order chi connectivity index (χ1) is 13.0. The van der Waals surface area contributed by atoms with Crippen molar-refractivity contribution < 1.29 is 13.7 Å². The van der Waals surface area contributed by atoms with Crippen molar-refractivity contribution in [1.82, 2.24) is 19.9 Å². The zero-order valence-electron chi connectivity index (χ0n) is 14.7. The van der Waals surface area contributed by atoms with Gasteiger partial charge in [-0.25, -0.2) is 9.18 Å². The average molecular weight is 371 g/mol. The molecule has 1 aromatic carbocycles. The molecule has 3 aromatic rings. The lowest BCUT2D eigenvalue weighted by Crippen LogP contribution is -2.28. The van der Waals surface area contributed by atoms with Gasteiger partial charge in [-0.15, -0.1) is 0 Å². The van der Waals surface area contributed by atoms with Gasteiger partial charge >= 0.3 is 5.76 Å². The molecule has 0 bridgehead atoms. The zero-order chi connectivity index (χ0) is 19.0. The smallest absolute Gasteiger partial charge is 0.308 e. The maximum atomic E-state index is 13.4. The van der Waals surface area contributed by atoms with Gasteiger partial charge in [0.1, 0.15) is 5.82 Å². The molecule has 0 atom stereocenters. The Labute approximate surface area is 153 Å². The van der Waals surface area contributed by atoms with E-state index >= 15 is 0 Å². The van der Waals surface area contributed by atoms with Gasteiger partial charge in [-0.1, -0.05) is 11.2 Å². The van der Waals surface area contributed by atoms with Crippen molar-refractivity contribution in [1.29, 1.82) is 0 Å². The molecule has 140 valence electrons. The third-order valence-electron chi connectivity index (χ3n) is 4.83. The normalized spacial score (nSPS) is 14.9. The number of aryl methyl sites for hydroxylation is 3. The van der Waals surface area contributed by atoms with Crippen LogP contribution in [0.1, 0.15) is 29.8 Å². The van der Waals surface area contributed by atoms with Crippen LogP contribution in [0.5, 0.6) is 0 Å². The Balaban J connectivity index is 1.42. The van der Waals surface area contributed by atoms with Gasteiger partial charge in [0.2, 0.25) is 5.91 Å². The number of aromatic amines is 1. The molecule has 1 saturated carbocycles. The van der Waals surface area contributed by atoms with Crippen molar-refractivity contribution >= 4 is 11.7 Å². The van der Waals surface area contributed by atoms with Crippen molar-refractivity contribution in [3.63, 3.8) is 0 Å². The first-order valence-corrected chi connectivity index (χ1v) is 8.63. The number of anilines is 1. The minimum Gasteiger partial charge on any atom is -0.308 e. The summed E-state index contributed by atoms with van der Waals surface area (Å²) in [5, 5.41) is 10.8. The summed E-state index contributed by atoms with van der Waals surface area (Å²) < 4.78 is 19.4. The third kappa shape index (κ3) is 3.40. The Hall–Kier alpha value is -3.23. The summed E-state index contributed by atoms with van der Waals surface area (Å²) >= 11 is 0. The lowest BCUT2D eigenvalue weighted by Gasteiger charge is -2.17. The number of hydrogen-bond acceptors (Lipinski definition) is 5. The number of halogens is 1. The SMILES string of the molecule is Cc1cc(F)ccc1C1(C(=O)Nc2ccn(CCc3noc(=O)[nH]3)n2)CC1. The fourth-order valence-electron chi connectivity index (χ4n) is 3.29. The highest BCUT2D eigenvalue weighted by Gasteiger charge is 2.52. The average Bonchev–Trinajstić information content (AvgIpc) is 3.13. The van der Waals surface area contributed by atoms with E-state index in [1.54, 1.807) is 23.0 Å². The topological polar surface area (TPSA) is 106 Å². The number of benzene rings is 1. The zero-order valence-corrected chi connectivity index (χ0v) is 14.7. The van der Waals surface area contributed by atoms with Crippen LogP contribution in [0, 0.1) is 12.7 Å². The number of amides is 1. The number of nitrogens with zero attached hydrogens (tertiary/aromatic N) is 3. The predicted molar refractivity (Wildman–Crippen MR) is 93.7 cm³/mol. The highest BCUT2D eigenvalue weighted by atomic mass is 19.1. The molecule has 1 aliphatic rings. The highest BCUT2D eigenvalue weighted by Crippen LogP contribution is 2.50. The maximum absolute atomic E-state index is 13.4. The predicted octanol–water partition coefficient (Wildman–Crippen LogP) is 1.92. The number of rotatable bonds is 6. The van der Waals surface area contributed by atoms with Crippen LogP contribution in [0.15, 0.2) is 39.8 Å². The Bertz CT molecular complexity index is 1050. The molecule has 0 radical (unpaired) electrons. The summed E-state index contributed by atoms with van der Waals surface area (Å²) in [7, 11) is 0. The molecule has 1 amide bonds. The number of nitrogens with one attached hydrogen (secondary N) is 2. The molecule has 0 spiro atoms. The minimum atomic E-state index is -0.609. The van der Waals surface area contributed by atoms with E-state index in [0.717, 1.165) is 24.0 Å². The van der Waals surface area contributed by atoms with Crippen LogP contribution in [0.25, 0.3) is 0 Å². The Kier molecular flexibility index (Phi) is 4.14. The molecule has 0 unspecified atom stereocenters. The number of aromatic nitrogens is 4. The summed E-state index contributed by atoms with van der Waals surface area (Å²) in [4.78, 5) is 26.2. The number of hydrogen-bond donors (Lipinski definition) is 2. The molecule has 4 rings (SSSR count). The number of carbonyl (C=O) groups excluding carboxylic acids is 1. The second kappa shape index (κ2) is 6.49. The van der Waals surface area contributed by atoms with Gasteiger partial charge in [-0.2, -0.15) is 5.10 Å². The molecule has 2 N–H and O–H groups in total. The standard InChI is InChI=1S/C18H18FN5O3/c1-11-10-12(19)2-3-13(11)18(6-7-18)16(25)20-14-4-8-24(22-14)9-5-15-21-17(26)27-23-15/h2-4,8,10H,5-7,9H2,1H3,(H,20,22,25)(H,21,23,26). The van der Waals surface area contributed by atoms with E-state index in [4.69, 9.17) is 0 Å². The molecular weight excluding hydrogens is 353 g/mol. The molecule has 2 heterocycles. The molecule has 2 aromatic heterocycles. The molecule has 8 nitrogen and oxygen atoms in total. The monoisotopic (exact) mass is 371 g/mol. The van der Waals surface area contributed by atoms with Gasteiger partial charge in [0.15, 0.2) is 11.6 Å². The van der Waals surface area contributed by atoms with Crippen molar-refractivity contribution in [3.05, 3.63) is 63.8 Å². The lowest BCUT2D eigenvalue weighted by atomic mass is 9.91. The van der Waals surface area contributed by atoms with Gasteiger partial charge < -0.3 is 5.32 Å². The molecular formula is C18H18FN5O3. The van der Waals surface area contributed by atoms with Gasteiger partial charge in [0.05, 0.1) is 5.41 Å². The van der Waals surface area contributed by atoms with Crippen LogP contribution in [-0.2, 0) is 23.2 Å². The molecule has 1 fully saturated rings. The van der Waals surface area contributed by atoms with Crippen LogP contribution < -0.4 is 11.1 Å². The van der Waals surface area contributed by atoms with E-state index in [0.29, 0.717) is 24.6 Å². The van der Waals surface area contributed by atoms with Crippen LogP contribution in [0.2, 0.25) is 0 Å². The summed E-state index contributed by atoms with van der Waals surface area (Å²) in [6.07, 6.45) is 3.63. The van der Waals surface area contributed by atoms with Crippen LogP contribution in [-0.4, -0.2) is 25.8 Å². The Morgan fingerprint density at radius 2 is 2.22 bits per heavy atom. The van der Waals surface area contributed by atoms with Crippen LogP contribution >= 0.6 is 0 Å². The quantitative estimate of drug-likeness (QED) is 0.689. The van der Waals surface area contributed by atoms with Crippen LogP contribution in [0.3, 0.4) is 0 Å². The summed E-state index contributed by atoms with van der Waals surface area (Å²) in [5.41, 5.74) is 1.02. The summed E-state index contributed by atoms with van der Waals surface area (Å²) in [6.45, 7) is 2.29. The molecule has 9 heteroatoms. The third-order valence-corrected chi connectivity index (χ3v) is 4.83. The number of carbonyl (C=O) groups is 1. The van der Waals surface area contributed by atoms with Crippen molar-refractivity contribution in [2.45, 2.75) is 38.1 Å². The van der Waals surface area contributed by atoms with E-state index in [2.05, 4.69) is 25.1 Å². The fourth-order valence-corrected chi connectivity index (χ4v) is 3.29. The first-order valence-electron chi connectivity index (χ1n) is 8.63. The van der Waals surface area contributed by atoms with E-state index in [1.807, 2.05) is 6.92 Å². The minimum absolute atomic E-state index is 0.136. The van der Waals surface area contributed by atoms with Gasteiger partial charge in [-0.05, 0) is 43.0 Å². The first kappa shape index (κ1) is 17.2. The van der Waals surface area contributed by atoms with Crippen molar-refractivity contribution in [2.24, 2.45) is 0 Å². The van der Waals surface area contributed by atoms with Gasteiger partial charge in [-0.3, -0.25) is 19.0 Å². The Morgan fingerprint density at radius 1 is 1.41 bits per heavy atom. The van der Waals surface area contributed by atoms with Crippen molar-refractivity contribution in [2.75, 3.05) is 5.32 Å². The van der Waals surface area contributed by atoms with E-state index in [-0.39, 0.29) is 11.7 Å². The lowest BCUT2D eigenvalue weighted by molar-refractivity contribution is -0.118. The second-order valence-corrected chi connectivity index (χ2v) is 6.75. The highest BCUT2D eigenvalue weighted by molar-refractivity contribution is 6.01. The summed E-state index contributed by atoms with van der Waals surface area (Å²) in [6, 6.07) is 6.23. The summed E-state index contributed by atoms with van der Waals surface area (Å²) in [5.74, 6) is -0.156. The molecule has 27 heavy (non-hydrogen) atoms.